The van der Waals surface area contributed by atoms with Gasteiger partial charge in [0.1, 0.15) is 11.5 Å². The van der Waals surface area contributed by atoms with Gasteiger partial charge < -0.3 is 14.8 Å². The Labute approximate surface area is 147 Å². The highest BCUT2D eigenvalue weighted by molar-refractivity contribution is 6.30. The van der Waals surface area contributed by atoms with Crippen molar-refractivity contribution in [1.29, 1.82) is 0 Å². The molecule has 0 saturated carbocycles. The molecule has 1 N–H and O–H groups in total. The Morgan fingerprint density at radius 2 is 2.00 bits per heavy atom. The van der Waals surface area contributed by atoms with Crippen LogP contribution in [0.25, 0.3) is 0 Å². The molecule has 0 aliphatic rings. The van der Waals surface area contributed by atoms with Gasteiger partial charge in [-0.25, -0.2) is 0 Å². The average Bonchev–Trinajstić information content (AvgIpc) is 2.58. The third kappa shape index (κ3) is 5.46. The predicted molar refractivity (Wildman–Crippen MR) is 95.9 cm³/mol. The van der Waals surface area contributed by atoms with Crippen LogP contribution in [0.3, 0.4) is 0 Å². The number of amides is 1. The molecule has 1 unspecified atom stereocenters. The molecule has 0 radical (unpaired) electrons. The first-order chi connectivity index (χ1) is 11.6. The Balaban J connectivity index is 1.74. The topological polar surface area (TPSA) is 47.6 Å². The van der Waals surface area contributed by atoms with E-state index in [4.69, 9.17) is 21.1 Å². The normalized spacial score (nSPS) is 11.6. The van der Waals surface area contributed by atoms with Crippen molar-refractivity contribution >= 4 is 17.5 Å². The molecule has 0 aromatic heterocycles. The third-order valence-electron chi connectivity index (χ3n) is 3.59. The SMILES string of the molecule is COc1ccccc1CCCNC(=O)C(C)Oc1cccc(Cl)c1. The highest BCUT2D eigenvalue weighted by Crippen LogP contribution is 2.19. The van der Waals surface area contributed by atoms with Crippen LogP contribution in [0.15, 0.2) is 48.5 Å². The lowest BCUT2D eigenvalue weighted by Gasteiger charge is -2.15. The molecule has 0 fully saturated rings. The minimum atomic E-state index is -0.574. The average molecular weight is 348 g/mol. The van der Waals surface area contributed by atoms with Crippen LogP contribution in [0.5, 0.6) is 11.5 Å². The van der Waals surface area contributed by atoms with Crippen LogP contribution < -0.4 is 14.8 Å². The monoisotopic (exact) mass is 347 g/mol. The van der Waals surface area contributed by atoms with Crippen molar-refractivity contribution in [3.63, 3.8) is 0 Å². The number of hydrogen-bond acceptors (Lipinski definition) is 3. The molecule has 0 saturated heterocycles. The fourth-order valence-corrected chi connectivity index (χ4v) is 2.52. The summed E-state index contributed by atoms with van der Waals surface area (Å²) in [4.78, 5) is 12.1. The highest BCUT2D eigenvalue weighted by atomic mass is 35.5. The number of hydrogen-bond donors (Lipinski definition) is 1. The molecule has 24 heavy (non-hydrogen) atoms. The van der Waals surface area contributed by atoms with E-state index in [-0.39, 0.29) is 5.91 Å². The highest BCUT2D eigenvalue weighted by Gasteiger charge is 2.14. The first kappa shape index (κ1) is 18.1. The lowest BCUT2D eigenvalue weighted by Crippen LogP contribution is -2.36. The van der Waals surface area contributed by atoms with E-state index < -0.39 is 6.10 Å². The molecular formula is C19H22ClNO3. The van der Waals surface area contributed by atoms with Crippen molar-refractivity contribution in [3.8, 4) is 11.5 Å². The maximum absolute atomic E-state index is 12.1. The van der Waals surface area contributed by atoms with Crippen molar-refractivity contribution in [2.24, 2.45) is 0 Å². The summed E-state index contributed by atoms with van der Waals surface area (Å²) in [5, 5.41) is 3.47. The number of carbonyl (C=O) groups excluding carboxylic acids is 1. The largest absolute Gasteiger partial charge is 0.496 e. The number of nitrogens with one attached hydrogen (secondary N) is 1. The molecule has 5 heteroatoms. The molecular weight excluding hydrogens is 326 g/mol. The summed E-state index contributed by atoms with van der Waals surface area (Å²) in [6.45, 7) is 2.30. The maximum atomic E-state index is 12.1. The first-order valence-corrected chi connectivity index (χ1v) is 8.30. The number of ether oxygens (including phenoxy) is 2. The van der Waals surface area contributed by atoms with Crippen molar-refractivity contribution in [1.82, 2.24) is 5.32 Å². The Bertz CT molecular complexity index is 675. The number of rotatable bonds is 8. The van der Waals surface area contributed by atoms with E-state index >= 15 is 0 Å². The minimum Gasteiger partial charge on any atom is -0.496 e. The van der Waals surface area contributed by atoms with Crippen LogP contribution in [-0.2, 0) is 11.2 Å². The second-order valence-electron chi connectivity index (χ2n) is 5.42. The summed E-state index contributed by atoms with van der Waals surface area (Å²) < 4.78 is 10.9. The van der Waals surface area contributed by atoms with Crippen LogP contribution in [0.2, 0.25) is 5.02 Å². The molecule has 0 heterocycles. The van der Waals surface area contributed by atoms with Crippen LogP contribution in [0, 0.1) is 0 Å². The molecule has 1 amide bonds. The molecule has 0 bridgehead atoms. The molecule has 128 valence electrons. The lowest BCUT2D eigenvalue weighted by atomic mass is 10.1. The standard InChI is InChI=1S/C19H22ClNO3/c1-14(24-17-10-5-9-16(20)13-17)19(22)21-12-6-8-15-7-3-4-11-18(15)23-2/h3-5,7,9-11,13-14H,6,8,12H2,1-2H3,(H,21,22). The number of methoxy groups -OCH3 is 1. The van der Waals surface area contributed by atoms with E-state index in [2.05, 4.69) is 5.32 Å². The van der Waals surface area contributed by atoms with E-state index in [0.717, 1.165) is 24.2 Å². The number of aryl methyl sites for hydroxylation is 1. The van der Waals surface area contributed by atoms with Crippen LogP contribution in [0.4, 0.5) is 0 Å². The van der Waals surface area contributed by atoms with Crippen molar-refractivity contribution in [2.75, 3.05) is 13.7 Å². The first-order valence-electron chi connectivity index (χ1n) is 7.92. The lowest BCUT2D eigenvalue weighted by molar-refractivity contribution is -0.127. The summed E-state index contributed by atoms with van der Waals surface area (Å²) in [5.74, 6) is 1.32. The molecule has 4 nitrogen and oxygen atoms in total. The second-order valence-corrected chi connectivity index (χ2v) is 5.86. The summed E-state index contributed by atoms with van der Waals surface area (Å²) >= 11 is 5.90. The van der Waals surface area contributed by atoms with E-state index in [0.29, 0.717) is 17.3 Å². The number of halogens is 1. The Morgan fingerprint density at radius 1 is 1.21 bits per heavy atom. The fourth-order valence-electron chi connectivity index (χ4n) is 2.34. The molecule has 0 spiro atoms. The Morgan fingerprint density at radius 3 is 2.75 bits per heavy atom. The van der Waals surface area contributed by atoms with E-state index in [1.54, 1.807) is 38.3 Å². The fraction of sp³-hybridized carbons (Fsp3) is 0.316. The maximum Gasteiger partial charge on any atom is 0.260 e. The molecule has 2 rings (SSSR count). The van der Waals surface area contributed by atoms with Gasteiger partial charge in [0.2, 0.25) is 0 Å². The number of carbonyl (C=O) groups is 1. The summed E-state index contributed by atoms with van der Waals surface area (Å²) in [7, 11) is 1.66. The zero-order valence-electron chi connectivity index (χ0n) is 13.9. The minimum absolute atomic E-state index is 0.144. The van der Waals surface area contributed by atoms with Gasteiger partial charge in [-0.3, -0.25) is 4.79 Å². The molecule has 2 aromatic carbocycles. The summed E-state index contributed by atoms with van der Waals surface area (Å²) in [5.41, 5.74) is 1.14. The third-order valence-corrected chi connectivity index (χ3v) is 3.83. The summed E-state index contributed by atoms with van der Waals surface area (Å²) in [6, 6.07) is 14.9. The second kappa shape index (κ2) is 9.18. The van der Waals surface area contributed by atoms with Gasteiger partial charge >= 0.3 is 0 Å². The molecule has 1 atom stereocenters. The smallest absolute Gasteiger partial charge is 0.260 e. The van der Waals surface area contributed by atoms with Gasteiger partial charge in [-0.1, -0.05) is 35.9 Å². The predicted octanol–water partition coefficient (Wildman–Crippen LogP) is 3.86. The van der Waals surface area contributed by atoms with Crippen molar-refractivity contribution < 1.29 is 14.3 Å². The van der Waals surface area contributed by atoms with Crippen LogP contribution >= 0.6 is 11.6 Å². The molecule has 2 aromatic rings. The van der Waals surface area contributed by atoms with Crippen LogP contribution in [-0.4, -0.2) is 25.7 Å². The Kier molecular flexibility index (Phi) is 6.94. The van der Waals surface area contributed by atoms with E-state index in [1.807, 2.05) is 24.3 Å². The molecule has 0 aliphatic heterocycles. The van der Waals surface area contributed by atoms with Gasteiger partial charge in [-0.2, -0.15) is 0 Å². The number of para-hydroxylation sites is 1. The number of benzene rings is 2. The van der Waals surface area contributed by atoms with Crippen LogP contribution in [0.1, 0.15) is 18.9 Å². The Hall–Kier alpha value is -2.20. The van der Waals surface area contributed by atoms with Gasteiger partial charge in [0.05, 0.1) is 7.11 Å². The van der Waals surface area contributed by atoms with Gasteiger partial charge in [0.15, 0.2) is 6.10 Å². The van der Waals surface area contributed by atoms with Gasteiger partial charge in [-0.05, 0) is 49.6 Å². The zero-order valence-corrected chi connectivity index (χ0v) is 14.7. The van der Waals surface area contributed by atoms with Gasteiger partial charge in [0.25, 0.3) is 5.91 Å². The van der Waals surface area contributed by atoms with Crippen molar-refractivity contribution in [3.05, 3.63) is 59.1 Å². The summed E-state index contributed by atoms with van der Waals surface area (Å²) in [6.07, 6.45) is 1.10. The quantitative estimate of drug-likeness (QED) is 0.737. The zero-order chi connectivity index (χ0) is 17.4. The molecule has 0 aliphatic carbocycles. The van der Waals surface area contributed by atoms with E-state index in [9.17, 15) is 4.79 Å². The van der Waals surface area contributed by atoms with Crippen molar-refractivity contribution in [2.45, 2.75) is 25.9 Å². The van der Waals surface area contributed by atoms with Gasteiger partial charge in [0, 0.05) is 11.6 Å². The van der Waals surface area contributed by atoms with Gasteiger partial charge in [-0.15, -0.1) is 0 Å². The van der Waals surface area contributed by atoms with E-state index in [1.165, 1.54) is 0 Å².